The minimum Gasteiger partial charge on any atom is -0.390 e. The summed E-state index contributed by atoms with van der Waals surface area (Å²) >= 11 is 6.22. The molecule has 13 nitrogen and oxygen atoms in total. The van der Waals surface area contributed by atoms with E-state index in [1.165, 1.54) is 126 Å². The first-order chi connectivity index (χ1) is 43.8. The number of fused-ring (bicyclic) bond motifs is 2. The van der Waals surface area contributed by atoms with Gasteiger partial charge in [-0.15, -0.1) is 0 Å². The third kappa shape index (κ3) is 19.5. The monoisotopic (exact) mass is 1290 g/mol. The summed E-state index contributed by atoms with van der Waals surface area (Å²) in [5, 5.41) is 24.3. The van der Waals surface area contributed by atoms with Crippen LogP contribution in [-0.4, -0.2) is 162 Å². The highest BCUT2D eigenvalue weighted by Crippen LogP contribution is 2.44. The summed E-state index contributed by atoms with van der Waals surface area (Å²) in [4.78, 5) is 31.9. The Kier molecular flexibility index (Phi) is 27.0. The van der Waals surface area contributed by atoms with Gasteiger partial charge in [-0.25, -0.2) is 0 Å². The molecule has 11 atom stereocenters. The summed E-state index contributed by atoms with van der Waals surface area (Å²) in [6, 6.07) is 6.38. The van der Waals surface area contributed by atoms with Crippen molar-refractivity contribution in [2.24, 2.45) is 34.6 Å². The van der Waals surface area contributed by atoms with Gasteiger partial charge in [-0.05, 0) is 159 Å². The predicted molar refractivity (Wildman–Crippen MR) is 371 cm³/mol. The molecule has 9 rings (SSSR count). The second-order valence-electron chi connectivity index (χ2n) is 29.9. The average molecular weight is 1290 g/mol. The van der Waals surface area contributed by atoms with Crippen molar-refractivity contribution in [2.75, 3.05) is 66.5 Å². The summed E-state index contributed by atoms with van der Waals surface area (Å²) in [7, 11) is 4.32. The van der Waals surface area contributed by atoms with Crippen molar-refractivity contribution in [1.82, 2.24) is 56.4 Å². The van der Waals surface area contributed by atoms with E-state index in [4.69, 9.17) is 16.6 Å². The number of halogens is 4. The number of amides is 1. The molecule has 7 fully saturated rings. The summed E-state index contributed by atoms with van der Waals surface area (Å²) in [6.45, 7) is 23.9. The van der Waals surface area contributed by atoms with Crippen molar-refractivity contribution >= 4 is 23.2 Å². The topological polar surface area (TPSA) is 118 Å². The summed E-state index contributed by atoms with van der Waals surface area (Å²) in [6.07, 6.45) is 37.1. The lowest BCUT2D eigenvalue weighted by Crippen LogP contribution is -2.76. The fraction of sp³-hybridized carbons (Fsp3) is 0.784. The Bertz CT molecular complexity index is 2570. The van der Waals surface area contributed by atoms with Crippen molar-refractivity contribution in [3.8, 4) is 0 Å². The van der Waals surface area contributed by atoms with Gasteiger partial charge in [-0.2, -0.15) is 13.2 Å². The Hall–Kier alpha value is -3.64. The summed E-state index contributed by atoms with van der Waals surface area (Å²) in [5.74, 6) is 2.82. The minimum atomic E-state index is -4.51. The van der Waals surface area contributed by atoms with Crippen LogP contribution in [-0.2, 0) is 17.4 Å². The van der Waals surface area contributed by atoms with E-state index in [1.54, 1.807) is 0 Å². The zero-order valence-electron chi connectivity index (χ0n) is 57.7. The first kappa shape index (κ1) is 71.6. The van der Waals surface area contributed by atoms with E-state index in [0.717, 1.165) is 121 Å². The van der Waals surface area contributed by atoms with Gasteiger partial charge in [0.1, 0.15) is 0 Å². The van der Waals surface area contributed by atoms with Crippen LogP contribution in [0.4, 0.5) is 13.2 Å². The lowest BCUT2D eigenvalue weighted by molar-refractivity contribution is -0.165. The third-order valence-corrected chi connectivity index (χ3v) is 23.8. The number of likely N-dealkylation sites (tertiary alicyclic amines) is 1. The van der Waals surface area contributed by atoms with Gasteiger partial charge >= 0.3 is 6.18 Å². The third-order valence-electron chi connectivity index (χ3n) is 23.4. The molecule has 4 aliphatic heterocycles. The molecule has 4 heterocycles. The fourth-order valence-electron chi connectivity index (χ4n) is 17.4. The molecule has 4 saturated carbocycles. The van der Waals surface area contributed by atoms with Gasteiger partial charge < -0.3 is 51.5 Å². The zero-order chi connectivity index (χ0) is 64.7. The van der Waals surface area contributed by atoms with E-state index >= 15 is 0 Å². The average Bonchev–Trinajstić information content (AvgIpc) is 1.09. The molecule has 512 valence electrons. The van der Waals surface area contributed by atoms with Gasteiger partial charge in [0.05, 0.1) is 16.5 Å². The number of nitrogens with one attached hydrogen (secondary N) is 6. The summed E-state index contributed by atoms with van der Waals surface area (Å²) < 4.78 is 41.1. The first-order valence-corrected chi connectivity index (χ1v) is 37.1. The van der Waals surface area contributed by atoms with Gasteiger partial charge in [0.25, 0.3) is 0 Å². The van der Waals surface area contributed by atoms with Crippen LogP contribution in [0.15, 0.2) is 71.7 Å². The lowest BCUT2D eigenvalue weighted by atomic mass is 9.73. The molecule has 1 aromatic rings. The molecule has 3 saturated heterocycles. The molecule has 0 bridgehead atoms. The number of aliphatic imine (C=N–C) groups is 1. The normalized spacial score (nSPS) is 31.5. The van der Waals surface area contributed by atoms with E-state index < -0.39 is 11.7 Å². The van der Waals surface area contributed by atoms with E-state index in [-0.39, 0.29) is 46.7 Å². The minimum absolute atomic E-state index is 0.00896. The number of carbonyl (C=O) groups is 1. The van der Waals surface area contributed by atoms with Crippen LogP contribution in [0.1, 0.15) is 214 Å². The number of carbonyl (C=O) groups excluding carboxylic acids is 1. The van der Waals surface area contributed by atoms with E-state index in [0.29, 0.717) is 60.7 Å². The molecule has 1 aromatic carbocycles. The standard InChI is InChI=1S/C74H122ClF3N12O/c1-10-52(2)68-47-83-67(46-59-24-14-15-25-59)54(4)82-48-69-70(72(91)88-40-21-41-88)57(7)90(69)71(61-26-16-17-27-61)55(5)85-73(34-18-19-35-73)51-80-38-37-79-36-33-62(31-29-60-30-32-65(66(75)45-60)74(76,77)78)81-39-43-86(8)49-64(44-58-22-12-11-13-23-58)87(9)50-63-28-20-42-89(63)56(6)53(3)84-68/h30,32-33,36,39,43,45,49-50,52-59,61,67-71,79-80,82-85H,10-29,31,34-35,37-38,40-42,44,46-48,51H2,1-9H3/t52-,53?,54?,55?,56-,57?,67-,68+,69?,70-,71+/m0/s1. The van der Waals surface area contributed by atoms with Gasteiger partial charge in [-0.3, -0.25) is 14.7 Å². The molecule has 91 heavy (non-hydrogen) atoms. The molecular formula is C74H122ClF3N12O. The predicted octanol–water partition coefficient (Wildman–Crippen LogP) is 13.6. The number of benzene rings is 1. The van der Waals surface area contributed by atoms with Gasteiger partial charge in [0.15, 0.2) is 0 Å². The number of nitrogens with zero attached hydrogens (tertiary/aromatic N) is 6. The number of hydrogen-bond donors (Lipinski definition) is 6. The number of alkyl halides is 3. The Morgan fingerprint density at radius 3 is 2.20 bits per heavy atom. The first-order valence-electron chi connectivity index (χ1n) is 36.7. The van der Waals surface area contributed by atoms with Gasteiger partial charge in [-0.1, -0.05) is 121 Å². The number of rotatable bonds is 11. The quantitative estimate of drug-likeness (QED) is 0.127. The molecule has 8 aliphatic rings. The Morgan fingerprint density at radius 2 is 1.51 bits per heavy atom. The van der Waals surface area contributed by atoms with Crippen molar-refractivity contribution < 1.29 is 18.0 Å². The fourth-order valence-corrected chi connectivity index (χ4v) is 17.7. The molecule has 17 heteroatoms. The molecule has 1 amide bonds. The van der Waals surface area contributed by atoms with E-state index in [1.807, 2.05) is 24.7 Å². The molecule has 5 unspecified atom stereocenters. The van der Waals surface area contributed by atoms with Crippen LogP contribution in [0.2, 0.25) is 5.02 Å². The molecular weight excluding hydrogens is 1170 g/mol. The molecule has 1 spiro atoms. The van der Waals surface area contributed by atoms with Crippen molar-refractivity contribution in [2.45, 2.75) is 275 Å². The number of hydrogen-bond acceptors (Lipinski definition) is 12. The SMILES string of the molecule is CC[C@H](C)[C@H]1CN[C@@H](CC2CCCC2)C(C)NCC2[C@@H](C(=O)N3CCC3)C(C)N2[C@@H](C2CCCC2)C(C)NC2(CCCC2)CNCCNC=CC(CCc2ccc(C(F)(F)F)c(Cl)c2)=NC=CN(C)C=C(CC2CCCCC2)N(C)C=C2CCCN2[C@@H](C)C(C)N1. The second-order valence-corrected chi connectivity index (χ2v) is 30.3. The zero-order valence-corrected chi connectivity index (χ0v) is 58.5. The van der Waals surface area contributed by atoms with Crippen LogP contribution in [0, 0.1) is 29.6 Å². The van der Waals surface area contributed by atoms with Crippen molar-refractivity contribution in [1.29, 1.82) is 0 Å². The maximum absolute atomic E-state index is 14.7. The number of aryl methyl sites for hydroxylation is 1. The van der Waals surface area contributed by atoms with E-state index in [2.05, 4.69) is 131 Å². The highest BCUT2D eigenvalue weighted by atomic mass is 35.5. The van der Waals surface area contributed by atoms with Crippen molar-refractivity contribution in [3.05, 3.63) is 82.8 Å². The molecule has 0 aromatic heterocycles. The number of allylic oxidation sites excluding steroid dienone is 3. The van der Waals surface area contributed by atoms with Crippen LogP contribution < -0.4 is 31.9 Å². The maximum Gasteiger partial charge on any atom is 0.417 e. The Morgan fingerprint density at radius 1 is 0.791 bits per heavy atom. The van der Waals surface area contributed by atoms with Gasteiger partial charge in [0.2, 0.25) is 5.91 Å². The van der Waals surface area contributed by atoms with E-state index in [9.17, 15) is 18.0 Å². The smallest absolute Gasteiger partial charge is 0.390 e. The highest BCUT2D eigenvalue weighted by molar-refractivity contribution is 6.31. The molecule has 0 radical (unpaired) electrons. The molecule has 4 aliphatic carbocycles. The van der Waals surface area contributed by atoms with Crippen LogP contribution in [0.25, 0.3) is 0 Å². The van der Waals surface area contributed by atoms with Crippen LogP contribution in [0.3, 0.4) is 0 Å². The lowest BCUT2D eigenvalue weighted by Gasteiger charge is -2.60. The van der Waals surface area contributed by atoms with Crippen LogP contribution in [0.5, 0.6) is 0 Å². The highest BCUT2D eigenvalue weighted by Gasteiger charge is 2.56. The van der Waals surface area contributed by atoms with Crippen LogP contribution >= 0.6 is 11.6 Å². The van der Waals surface area contributed by atoms with Gasteiger partial charge in [0, 0.05) is 168 Å². The second kappa shape index (κ2) is 34.3. The Labute approximate surface area is 553 Å². The Balaban J connectivity index is 1.00. The maximum atomic E-state index is 14.7. The molecule has 6 N–H and O–H groups in total. The summed E-state index contributed by atoms with van der Waals surface area (Å²) in [5.41, 5.74) is 3.38. The van der Waals surface area contributed by atoms with Crippen molar-refractivity contribution in [3.63, 3.8) is 0 Å². The largest absolute Gasteiger partial charge is 0.417 e.